The Morgan fingerprint density at radius 1 is 0.273 bits per heavy atom. The van der Waals surface area contributed by atoms with Crippen LogP contribution in [0.2, 0.25) is 0 Å². The maximum atomic E-state index is 7.40. The fourth-order valence-electron chi connectivity index (χ4n) is 9.74. The number of anilines is 9. The van der Waals surface area contributed by atoms with E-state index in [1.54, 1.807) is 0 Å². The third-order valence-corrected chi connectivity index (χ3v) is 13.7. The van der Waals surface area contributed by atoms with Gasteiger partial charge in [-0.25, -0.2) is 0 Å². The summed E-state index contributed by atoms with van der Waals surface area (Å²) in [6.45, 7) is 0. The molecular formula is C60H39N3O2S. The van der Waals surface area contributed by atoms with Gasteiger partial charge in [0.05, 0.1) is 33.5 Å². The van der Waals surface area contributed by atoms with Gasteiger partial charge in [-0.15, -0.1) is 11.3 Å². The highest BCUT2D eigenvalue weighted by Crippen LogP contribution is 2.51. The zero-order valence-corrected chi connectivity index (χ0v) is 36.4. The van der Waals surface area contributed by atoms with Crippen molar-refractivity contribution < 1.29 is 8.83 Å². The van der Waals surface area contributed by atoms with E-state index in [9.17, 15) is 0 Å². The van der Waals surface area contributed by atoms with Crippen LogP contribution in [0.3, 0.4) is 0 Å². The maximum absolute atomic E-state index is 7.40. The molecule has 312 valence electrons. The molecule has 0 amide bonds. The average Bonchev–Trinajstić information content (AvgIpc) is 4.08. The Morgan fingerprint density at radius 3 is 1.45 bits per heavy atom. The lowest BCUT2D eigenvalue weighted by Gasteiger charge is -2.30. The first-order valence-electron chi connectivity index (χ1n) is 22.2. The molecule has 10 aromatic carbocycles. The lowest BCUT2D eigenvalue weighted by atomic mass is 10.0. The number of nitrogens with zero attached hydrogens (tertiary/aromatic N) is 3. The first-order valence-corrected chi connectivity index (χ1v) is 23.0. The molecule has 0 radical (unpaired) electrons. The first-order chi connectivity index (χ1) is 32.7. The molecule has 3 heterocycles. The Balaban J connectivity index is 1.11. The zero-order valence-electron chi connectivity index (χ0n) is 35.6. The van der Waals surface area contributed by atoms with Crippen LogP contribution in [0.25, 0.3) is 64.0 Å². The second kappa shape index (κ2) is 15.6. The van der Waals surface area contributed by atoms with Crippen molar-refractivity contribution in [2.24, 2.45) is 0 Å². The van der Waals surface area contributed by atoms with Crippen LogP contribution < -0.4 is 14.7 Å². The molecule has 0 aliphatic rings. The van der Waals surface area contributed by atoms with Gasteiger partial charge in [0, 0.05) is 65.4 Å². The number of fused-ring (bicyclic) bond motifs is 9. The van der Waals surface area contributed by atoms with Crippen molar-refractivity contribution in [3.05, 3.63) is 237 Å². The molecule has 0 atom stereocenters. The topological polar surface area (TPSA) is 36.0 Å². The molecule has 0 unspecified atom stereocenters. The van der Waals surface area contributed by atoms with Gasteiger partial charge in [0.1, 0.15) is 16.7 Å². The van der Waals surface area contributed by atoms with Crippen molar-refractivity contribution in [3.63, 3.8) is 0 Å². The molecule has 13 aromatic rings. The summed E-state index contributed by atoms with van der Waals surface area (Å²) in [6.07, 6.45) is 0. The third kappa shape index (κ3) is 6.22. The van der Waals surface area contributed by atoms with E-state index in [1.807, 2.05) is 23.5 Å². The van der Waals surface area contributed by atoms with E-state index < -0.39 is 0 Å². The monoisotopic (exact) mass is 865 g/mol. The van der Waals surface area contributed by atoms with Crippen molar-refractivity contribution in [3.8, 4) is 0 Å². The summed E-state index contributed by atoms with van der Waals surface area (Å²) in [5.74, 6) is 0. The van der Waals surface area contributed by atoms with Gasteiger partial charge in [-0.05, 0) is 97.1 Å². The van der Waals surface area contributed by atoms with E-state index in [-0.39, 0.29) is 0 Å². The average molecular weight is 866 g/mol. The van der Waals surface area contributed by atoms with Crippen LogP contribution >= 0.6 is 11.3 Å². The predicted octanol–water partition coefficient (Wildman–Crippen LogP) is 18.3. The standard InChI is InChI=1S/C60H39N3O2S/c1-5-19-40(20-6-1)61(41-21-7-2-8-22-41)52-37-45(63(43-25-11-4-12-26-43)50-30-18-33-54-58(50)48-28-13-15-32-53(48)64-54)38-55-59(52)49-29-17-31-51(60(49)65-55)62(42-23-9-3-10-24-42)44-35-36-47-46-27-14-16-34-56(46)66-57(47)39-44/h1-39H. The number of furan rings is 2. The van der Waals surface area contributed by atoms with Crippen LogP contribution in [-0.2, 0) is 0 Å². The molecule has 0 saturated carbocycles. The highest BCUT2D eigenvalue weighted by molar-refractivity contribution is 7.25. The molecule has 0 aliphatic carbocycles. The van der Waals surface area contributed by atoms with Gasteiger partial charge >= 0.3 is 0 Å². The number of para-hydroxylation sites is 6. The minimum atomic E-state index is 0.764. The molecule has 0 fully saturated rings. The summed E-state index contributed by atoms with van der Waals surface area (Å²) in [6, 6.07) is 83.6. The fourth-order valence-corrected chi connectivity index (χ4v) is 10.9. The van der Waals surface area contributed by atoms with Crippen LogP contribution in [0.5, 0.6) is 0 Å². The van der Waals surface area contributed by atoms with E-state index in [4.69, 9.17) is 8.83 Å². The maximum Gasteiger partial charge on any atom is 0.159 e. The lowest BCUT2D eigenvalue weighted by Crippen LogP contribution is -2.13. The molecule has 0 bridgehead atoms. The summed E-state index contributed by atoms with van der Waals surface area (Å²) < 4.78 is 16.4. The second-order valence-electron chi connectivity index (χ2n) is 16.5. The van der Waals surface area contributed by atoms with Gasteiger partial charge in [-0.2, -0.15) is 0 Å². The summed E-state index contributed by atoms with van der Waals surface area (Å²) in [4.78, 5) is 7.03. The van der Waals surface area contributed by atoms with Crippen molar-refractivity contribution in [1.29, 1.82) is 0 Å². The molecule has 13 rings (SSSR count). The van der Waals surface area contributed by atoms with Gasteiger partial charge in [0.2, 0.25) is 0 Å². The van der Waals surface area contributed by atoms with E-state index in [0.29, 0.717) is 0 Å². The summed E-state index contributed by atoms with van der Waals surface area (Å²) in [5.41, 5.74) is 12.3. The molecule has 0 aliphatic heterocycles. The second-order valence-corrected chi connectivity index (χ2v) is 17.6. The van der Waals surface area contributed by atoms with Gasteiger partial charge < -0.3 is 23.5 Å². The molecule has 5 nitrogen and oxygen atoms in total. The molecule has 0 spiro atoms. The van der Waals surface area contributed by atoms with Gasteiger partial charge in [0.15, 0.2) is 5.58 Å². The molecule has 0 saturated heterocycles. The Bertz CT molecular complexity index is 3860. The van der Waals surface area contributed by atoms with Crippen molar-refractivity contribution in [2.75, 3.05) is 14.7 Å². The highest BCUT2D eigenvalue weighted by Gasteiger charge is 2.27. The number of rotatable bonds is 9. The van der Waals surface area contributed by atoms with Gasteiger partial charge in [0.25, 0.3) is 0 Å². The van der Waals surface area contributed by atoms with Crippen molar-refractivity contribution >= 4 is 127 Å². The van der Waals surface area contributed by atoms with Gasteiger partial charge in [-0.3, -0.25) is 0 Å². The largest absolute Gasteiger partial charge is 0.456 e. The first kappa shape index (κ1) is 37.9. The number of hydrogen-bond acceptors (Lipinski definition) is 6. The predicted molar refractivity (Wildman–Crippen MR) is 278 cm³/mol. The molecule has 6 heteroatoms. The van der Waals surface area contributed by atoms with Crippen molar-refractivity contribution in [1.82, 2.24) is 0 Å². The number of benzene rings is 10. The van der Waals surface area contributed by atoms with Crippen molar-refractivity contribution in [2.45, 2.75) is 0 Å². The summed E-state index contributed by atoms with van der Waals surface area (Å²) >= 11 is 1.83. The van der Waals surface area contributed by atoms with E-state index >= 15 is 0 Å². The van der Waals surface area contributed by atoms with E-state index in [1.165, 1.54) is 20.2 Å². The van der Waals surface area contributed by atoms with E-state index in [0.717, 1.165) is 95.1 Å². The summed E-state index contributed by atoms with van der Waals surface area (Å²) in [5, 5.41) is 6.66. The third-order valence-electron chi connectivity index (χ3n) is 12.6. The summed E-state index contributed by atoms with van der Waals surface area (Å²) in [7, 11) is 0. The van der Waals surface area contributed by atoms with Crippen LogP contribution in [-0.4, -0.2) is 0 Å². The van der Waals surface area contributed by atoms with Crippen LogP contribution in [0.15, 0.2) is 245 Å². The van der Waals surface area contributed by atoms with Crippen LogP contribution in [0.4, 0.5) is 51.2 Å². The molecule has 3 aromatic heterocycles. The van der Waals surface area contributed by atoms with E-state index in [2.05, 4.69) is 239 Å². The molecule has 0 N–H and O–H groups in total. The quantitative estimate of drug-likeness (QED) is 0.144. The Morgan fingerprint density at radius 2 is 0.773 bits per heavy atom. The molecule has 66 heavy (non-hydrogen) atoms. The minimum absolute atomic E-state index is 0.764. The SMILES string of the molecule is c1ccc(N(c2ccc3c(c2)sc2ccccc23)c2cccc3c2oc2cc(N(c4ccccc4)c4cccc5oc6ccccc6c45)cc(N(c4ccccc4)c4ccccc4)c23)cc1. The Hall–Kier alpha value is -8.58. The number of thiophene rings is 1. The van der Waals surface area contributed by atoms with Gasteiger partial charge in [-0.1, -0.05) is 133 Å². The number of hydrogen-bond donors (Lipinski definition) is 0. The zero-order chi connectivity index (χ0) is 43.6. The normalized spacial score (nSPS) is 11.6. The Kier molecular flexibility index (Phi) is 8.96. The Labute approximate surface area is 384 Å². The lowest BCUT2D eigenvalue weighted by molar-refractivity contribution is 0.669. The van der Waals surface area contributed by atoms with Crippen LogP contribution in [0, 0.1) is 0 Å². The molecular weight excluding hydrogens is 827 g/mol. The van der Waals surface area contributed by atoms with Crippen LogP contribution in [0.1, 0.15) is 0 Å². The highest BCUT2D eigenvalue weighted by atomic mass is 32.1. The fraction of sp³-hybridized carbons (Fsp3) is 0. The minimum Gasteiger partial charge on any atom is -0.456 e. The smallest absolute Gasteiger partial charge is 0.159 e.